The van der Waals surface area contributed by atoms with E-state index in [1.165, 1.54) is 36.9 Å². The molecule has 7 nitrogen and oxygen atoms in total. The lowest BCUT2D eigenvalue weighted by Crippen LogP contribution is -2.44. The molecule has 1 N–H and O–H groups in total. The molecule has 0 saturated heterocycles. The number of hydrogen-bond donors (Lipinski definition) is 1. The lowest BCUT2D eigenvalue weighted by molar-refractivity contribution is -0.274. The number of nitrogens with zero attached hydrogens (tertiary/aromatic N) is 2. The van der Waals surface area contributed by atoms with Crippen molar-refractivity contribution < 1.29 is 45.4 Å². The number of alkyl halides is 6. The Hall–Kier alpha value is -3.51. The fraction of sp³-hybridized carbons (Fsp3) is 0.381. The van der Waals surface area contributed by atoms with Gasteiger partial charge >= 0.3 is 12.5 Å². The molecular weight excluding hydrogens is 472 g/mol. The molecule has 1 aromatic heterocycles. The third-order valence-electron chi connectivity index (χ3n) is 4.74. The van der Waals surface area contributed by atoms with Gasteiger partial charge in [0.1, 0.15) is 17.3 Å². The van der Waals surface area contributed by atoms with Gasteiger partial charge in [0.05, 0.1) is 13.0 Å². The minimum atomic E-state index is -4.83. The van der Waals surface area contributed by atoms with Gasteiger partial charge in [-0.05, 0) is 43.2 Å². The van der Waals surface area contributed by atoms with Crippen LogP contribution in [-0.4, -0.2) is 35.4 Å². The molecule has 2 aromatic rings. The molecule has 1 atom stereocenters. The average molecular weight is 491 g/mol. The first-order chi connectivity index (χ1) is 15.7. The summed E-state index contributed by atoms with van der Waals surface area (Å²) >= 11 is 0. The van der Waals surface area contributed by atoms with Gasteiger partial charge in [-0.1, -0.05) is 12.1 Å². The summed E-state index contributed by atoms with van der Waals surface area (Å²) in [5.74, 6) is -1.78. The molecule has 1 unspecified atom stereocenters. The highest BCUT2D eigenvalue weighted by Crippen LogP contribution is 2.37. The van der Waals surface area contributed by atoms with Crippen LogP contribution in [0.5, 0.6) is 11.6 Å². The van der Waals surface area contributed by atoms with Crippen molar-refractivity contribution >= 4 is 23.3 Å². The SMILES string of the molecule is Cc1cc2c(nc1NC(=O)CCC(F)(F)F)OC(C)C(=O)N2Cc1ccc(OC(F)(F)F)cc1. The molecule has 0 saturated carbocycles. The summed E-state index contributed by atoms with van der Waals surface area (Å²) < 4.78 is 83.4. The highest BCUT2D eigenvalue weighted by molar-refractivity contribution is 6.00. The van der Waals surface area contributed by atoms with Crippen LogP contribution in [0.15, 0.2) is 30.3 Å². The molecule has 3 rings (SSSR count). The van der Waals surface area contributed by atoms with Crippen molar-refractivity contribution in [3.8, 4) is 11.6 Å². The smallest absolute Gasteiger partial charge is 0.463 e. The number of nitrogens with one attached hydrogen (secondary N) is 1. The van der Waals surface area contributed by atoms with Gasteiger partial charge in [-0.25, -0.2) is 0 Å². The van der Waals surface area contributed by atoms with Crippen molar-refractivity contribution in [2.24, 2.45) is 0 Å². The third kappa shape index (κ3) is 6.51. The van der Waals surface area contributed by atoms with E-state index in [4.69, 9.17) is 4.74 Å². The Bertz CT molecular complexity index is 1070. The number of amides is 2. The van der Waals surface area contributed by atoms with Crippen LogP contribution in [0.3, 0.4) is 0 Å². The number of anilines is 2. The number of rotatable bonds is 6. The van der Waals surface area contributed by atoms with Crippen LogP contribution in [0.25, 0.3) is 0 Å². The molecule has 1 aromatic carbocycles. The normalized spacial score (nSPS) is 16.1. The first-order valence-electron chi connectivity index (χ1n) is 9.93. The zero-order valence-electron chi connectivity index (χ0n) is 17.9. The fourth-order valence-electron chi connectivity index (χ4n) is 3.14. The molecule has 0 aliphatic carbocycles. The lowest BCUT2D eigenvalue weighted by Gasteiger charge is -2.33. The molecule has 0 spiro atoms. The first kappa shape index (κ1) is 25.1. The van der Waals surface area contributed by atoms with E-state index in [9.17, 15) is 35.9 Å². The van der Waals surface area contributed by atoms with Crippen molar-refractivity contribution in [3.63, 3.8) is 0 Å². The second-order valence-electron chi connectivity index (χ2n) is 7.52. The van der Waals surface area contributed by atoms with Gasteiger partial charge in [0.2, 0.25) is 11.8 Å². The standard InChI is InChI=1S/C21H19F6N3O4/c1-11-9-15-18(29-17(11)28-16(31)7-8-20(22,23)24)33-12(2)19(32)30(15)10-13-3-5-14(6-4-13)34-21(25,26)27/h3-6,9,12H,7-8,10H2,1-2H3,(H,28,29,31). The number of carbonyl (C=O) groups excluding carboxylic acids is 2. The van der Waals surface area contributed by atoms with Gasteiger partial charge in [0.25, 0.3) is 5.91 Å². The van der Waals surface area contributed by atoms with Gasteiger partial charge in [0, 0.05) is 6.42 Å². The highest BCUT2D eigenvalue weighted by atomic mass is 19.4. The maximum absolute atomic E-state index is 12.7. The number of benzene rings is 1. The summed E-state index contributed by atoms with van der Waals surface area (Å²) in [6.07, 6.45) is -12.3. The van der Waals surface area contributed by atoms with E-state index < -0.39 is 49.0 Å². The predicted octanol–water partition coefficient (Wildman–Crippen LogP) is 4.88. The van der Waals surface area contributed by atoms with Crippen molar-refractivity contribution in [1.82, 2.24) is 4.98 Å². The van der Waals surface area contributed by atoms with Gasteiger partial charge < -0.3 is 14.8 Å². The second-order valence-corrected chi connectivity index (χ2v) is 7.52. The van der Waals surface area contributed by atoms with E-state index in [1.807, 2.05) is 0 Å². The molecule has 2 amide bonds. The summed E-state index contributed by atoms with van der Waals surface area (Å²) in [5.41, 5.74) is 1.10. The summed E-state index contributed by atoms with van der Waals surface area (Å²) in [5, 5.41) is 2.31. The molecule has 0 radical (unpaired) electrons. The molecule has 13 heteroatoms. The Morgan fingerprint density at radius 2 is 1.82 bits per heavy atom. The van der Waals surface area contributed by atoms with Crippen molar-refractivity contribution in [3.05, 3.63) is 41.5 Å². The maximum atomic E-state index is 12.7. The zero-order valence-corrected chi connectivity index (χ0v) is 17.9. The van der Waals surface area contributed by atoms with Gasteiger partial charge in [0.15, 0.2) is 6.10 Å². The summed E-state index contributed by atoms with van der Waals surface area (Å²) in [4.78, 5) is 30.1. The number of ether oxygens (including phenoxy) is 2. The molecule has 1 aliphatic rings. The summed E-state index contributed by atoms with van der Waals surface area (Å²) in [6.45, 7) is 2.97. The largest absolute Gasteiger partial charge is 0.573 e. The van der Waals surface area contributed by atoms with Crippen molar-refractivity contribution in [2.45, 2.75) is 51.9 Å². The third-order valence-corrected chi connectivity index (χ3v) is 4.74. The number of halogens is 6. The van der Waals surface area contributed by atoms with Gasteiger partial charge in [-0.2, -0.15) is 18.2 Å². The Balaban J connectivity index is 1.80. The van der Waals surface area contributed by atoms with Gasteiger partial charge in [-0.3, -0.25) is 14.5 Å². The minimum Gasteiger partial charge on any atom is -0.463 e. The van der Waals surface area contributed by atoms with Crippen molar-refractivity contribution in [2.75, 3.05) is 10.2 Å². The number of hydrogen-bond acceptors (Lipinski definition) is 5. The molecule has 184 valence electrons. The van der Waals surface area contributed by atoms with E-state index in [2.05, 4.69) is 15.0 Å². The van der Waals surface area contributed by atoms with Crippen LogP contribution in [-0.2, 0) is 16.1 Å². The molecule has 34 heavy (non-hydrogen) atoms. The number of fused-ring (bicyclic) bond motifs is 1. The molecule has 1 aliphatic heterocycles. The quantitative estimate of drug-likeness (QED) is 0.583. The number of aryl methyl sites for hydroxylation is 1. The monoisotopic (exact) mass is 491 g/mol. The topological polar surface area (TPSA) is 80.8 Å². The Kier molecular flexibility index (Phi) is 6.94. The van der Waals surface area contributed by atoms with Gasteiger partial charge in [-0.15, -0.1) is 13.2 Å². The molecule has 0 bridgehead atoms. The number of carbonyl (C=O) groups is 2. The van der Waals surface area contributed by atoms with Crippen molar-refractivity contribution in [1.29, 1.82) is 0 Å². The Morgan fingerprint density at radius 3 is 2.41 bits per heavy atom. The fourth-order valence-corrected chi connectivity index (χ4v) is 3.14. The van der Waals surface area contributed by atoms with E-state index >= 15 is 0 Å². The minimum absolute atomic E-state index is 0.0129. The number of pyridine rings is 1. The lowest BCUT2D eigenvalue weighted by atomic mass is 10.1. The summed E-state index contributed by atoms with van der Waals surface area (Å²) in [7, 11) is 0. The predicted molar refractivity (Wildman–Crippen MR) is 107 cm³/mol. The van der Waals surface area contributed by atoms with Crippen LogP contribution in [0.2, 0.25) is 0 Å². The van der Waals surface area contributed by atoms with Crippen LogP contribution in [0.4, 0.5) is 37.8 Å². The van der Waals surface area contributed by atoms with E-state index in [0.29, 0.717) is 11.1 Å². The average Bonchev–Trinajstić information content (AvgIpc) is 2.71. The van der Waals surface area contributed by atoms with Crippen LogP contribution in [0, 0.1) is 6.92 Å². The van der Waals surface area contributed by atoms with E-state index in [-0.39, 0.29) is 23.9 Å². The van der Waals surface area contributed by atoms with E-state index in [0.717, 1.165) is 12.1 Å². The summed E-state index contributed by atoms with van der Waals surface area (Å²) in [6, 6.07) is 6.43. The molecule has 0 fully saturated rings. The Morgan fingerprint density at radius 1 is 1.18 bits per heavy atom. The maximum Gasteiger partial charge on any atom is 0.573 e. The van der Waals surface area contributed by atoms with Crippen LogP contribution in [0.1, 0.15) is 30.9 Å². The first-order valence-corrected chi connectivity index (χ1v) is 9.93. The molecular formula is C21H19F6N3O4. The van der Waals surface area contributed by atoms with Crippen LogP contribution >= 0.6 is 0 Å². The zero-order chi connectivity index (χ0) is 25.3. The Labute approximate surface area is 189 Å². The van der Waals surface area contributed by atoms with Crippen LogP contribution < -0.4 is 19.7 Å². The number of aromatic nitrogens is 1. The highest BCUT2D eigenvalue weighted by Gasteiger charge is 2.34. The van der Waals surface area contributed by atoms with E-state index in [1.54, 1.807) is 0 Å². The molecule has 2 heterocycles. The second kappa shape index (κ2) is 9.39.